The zero-order valence-electron chi connectivity index (χ0n) is 19.3. The maximum Gasteiger partial charge on any atom is 0.222 e. The van der Waals surface area contributed by atoms with Gasteiger partial charge in [0.1, 0.15) is 0 Å². The molecule has 1 aliphatic heterocycles. The minimum Gasteiger partial charge on any atom is -0.342 e. The monoisotopic (exact) mass is 429 g/mol. The summed E-state index contributed by atoms with van der Waals surface area (Å²) in [6.45, 7) is 5.33. The van der Waals surface area contributed by atoms with Crippen molar-refractivity contribution in [2.45, 2.75) is 52.4 Å². The van der Waals surface area contributed by atoms with E-state index >= 15 is 0 Å². The molecule has 5 nitrogen and oxygen atoms in total. The summed E-state index contributed by atoms with van der Waals surface area (Å²) in [5.74, 6) is 0.218. The molecule has 1 atom stereocenters. The summed E-state index contributed by atoms with van der Waals surface area (Å²) in [6, 6.07) is 10.5. The molecular weight excluding hydrogens is 398 g/mol. The minimum absolute atomic E-state index is 0.118. The van der Waals surface area contributed by atoms with Gasteiger partial charge in [-0.05, 0) is 73.4 Å². The summed E-state index contributed by atoms with van der Waals surface area (Å²) in [5.41, 5.74) is 6.82. The molecule has 0 unspecified atom stereocenters. The molecule has 2 heterocycles. The molecule has 1 aromatic heterocycles. The summed E-state index contributed by atoms with van der Waals surface area (Å²) in [4.78, 5) is 28.5. The largest absolute Gasteiger partial charge is 0.342 e. The lowest BCUT2D eigenvalue weighted by atomic mass is 9.87. The first-order valence-corrected chi connectivity index (χ1v) is 11.8. The number of benzene rings is 2. The van der Waals surface area contributed by atoms with Crippen LogP contribution in [0.15, 0.2) is 30.3 Å². The van der Waals surface area contributed by atoms with Crippen molar-refractivity contribution in [1.29, 1.82) is 0 Å². The first kappa shape index (κ1) is 20.9. The molecule has 5 heteroatoms. The molecule has 5 rings (SSSR count). The number of rotatable bonds is 5. The van der Waals surface area contributed by atoms with Gasteiger partial charge in [-0.2, -0.15) is 5.10 Å². The van der Waals surface area contributed by atoms with E-state index in [0.717, 1.165) is 54.6 Å². The number of ketones is 1. The van der Waals surface area contributed by atoms with E-state index in [0.29, 0.717) is 19.4 Å². The second kappa shape index (κ2) is 8.19. The third kappa shape index (κ3) is 3.54. The number of carbonyl (C=O) groups is 2. The van der Waals surface area contributed by atoms with Crippen LogP contribution in [0.25, 0.3) is 10.8 Å². The van der Waals surface area contributed by atoms with Crippen LogP contribution in [-0.4, -0.2) is 39.5 Å². The third-order valence-corrected chi connectivity index (χ3v) is 7.53. The number of carbonyl (C=O) groups excluding carboxylic acids is 2. The lowest BCUT2D eigenvalue weighted by molar-refractivity contribution is -0.132. The van der Waals surface area contributed by atoms with E-state index in [1.165, 1.54) is 22.1 Å². The van der Waals surface area contributed by atoms with Crippen LogP contribution in [0, 0.1) is 19.8 Å². The predicted octanol–water partition coefficient (Wildman–Crippen LogP) is 4.34. The van der Waals surface area contributed by atoms with Crippen molar-refractivity contribution >= 4 is 22.5 Å². The summed E-state index contributed by atoms with van der Waals surface area (Å²) in [6.07, 6.45) is 5.03. The first-order chi connectivity index (χ1) is 15.4. The topological polar surface area (TPSA) is 55.2 Å². The standard InChI is InChI=1S/C27H31N3O2/c1-17-22(18(2)29(3)28-17)13-14-25(31)30-15-5-7-21(16-30)27(32)24-12-11-20-10-9-19-6-4-8-23(24)26(19)20/h4,6,8,11-12,21H,5,7,9-10,13-16H2,1-3H3/t21-/m0/s1. The summed E-state index contributed by atoms with van der Waals surface area (Å²) >= 11 is 0. The molecule has 2 aromatic carbocycles. The SMILES string of the molecule is Cc1nn(C)c(C)c1CCC(=O)N1CCC[C@H](C(=O)c2ccc3c4c(cccc24)CC3)C1. The summed E-state index contributed by atoms with van der Waals surface area (Å²) in [7, 11) is 1.94. The first-order valence-electron chi connectivity index (χ1n) is 11.8. The number of aryl methyl sites for hydroxylation is 4. The molecule has 0 radical (unpaired) electrons. The molecule has 1 aliphatic carbocycles. The highest BCUT2D eigenvalue weighted by Crippen LogP contribution is 2.34. The van der Waals surface area contributed by atoms with Crippen molar-refractivity contribution in [3.8, 4) is 0 Å². The molecule has 3 aromatic rings. The maximum atomic E-state index is 13.5. The van der Waals surface area contributed by atoms with Gasteiger partial charge in [0.15, 0.2) is 5.78 Å². The van der Waals surface area contributed by atoms with Crippen LogP contribution >= 0.6 is 0 Å². The van der Waals surface area contributed by atoms with Crippen LogP contribution in [0.1, 0.15) is 57.7 Å². The van der Waals surface area contributed by atoms with Gasteiger partial charge in [0.05, 0.1) is 5.69 Å². The van der Waals surface area contributed by atoms with Gasteiger partial charge in [0.2, 0.25) is 5.91 Å². The highest BCUT2D eigenvalue weighted by Gasteiger charge is 2.30. The van der Waals surface area contributed by atoms with Crippen molar-refractivity contribution in [1.82, 2.24) is 14.7 Å². The van der Waals surface area contributed by atoms with Gasteiger partial charge in [0.25, 0.3) is 0 Å². The molecule has 0 bridgehead atoms. The van der Waals surface area contributed by atoms with Gasteiger partial charge in [0, 0.05) is 43.7 Å². The highest BCUT2D eigenvalue weighted by atomic mass is 16.2. The Morgan fingerprint density at radius 1 is 1.09 bits per heavy atom. The molecule has 32 heavy (non-hydrogen) atoms. The Morgan fingerprint density at radius 2 is 1.88 bits per heavy atom. The molecule has 0 N–H and O–H groups in total. The zero-order valence-corrected chi connectivity index (χ0v) is 19.3. The Bertz CT molecular complexity index is 1210. The molecule has 1 fully saturated rings. The fourth-order valence-electron chi connectivity index (χ4n) is 5.67. The average molecular weight is 430 g/mol. The van der Waals surface area contributed by atoms with Crippen molar-refractivity contribution in [3.05, 3.63) is 64.0 Å². The van der Waals surface area contributed by atoms with Gasteiger partial charge in [-0.25, -0.2) is 0 Å². The lowest BCUT2D eigenvalue weighted by Gasteiger charge is -2.32. The molecule has 1 saturated heterocycles. The third-order valence-electron chi connectivity index (χ3n) is 7.53. The molecule has 1 amide bonds. The van der Waals surface area contributed by atoms with E-state index in [4.69, 9.17) is 0 Å². The number of Topliss-reactive ketones (excluding diaryl/α,β-unsaturated/α-hetero) is 1. The number of hydrogen-bond donors (Lipinski definition) is 0. The second-order valence-electron chi connectivity index (χ2n) is 9.43. The number of hydrogen-bond acceptors (Lipinski definition) is 3. The maximum absolute atomic E-state index is 13.5. The summed E-state index contributed by atoms with van der Waals surface area (Å²) in [5, 5.41) is 6.83. The predicted molar refractivity (Wildman–Crippen MR) is 126 cm³/mol. The lowest BCUT2D eigenvalue weighted by Crippen LogP contribution is -2.42. The minimum atomic E-state index is -0.118. The fourth-order valence-corrected chi connectivity index (χ4v) is 5.67. The smallest absolute Gasteiger partial charge is 0.222 e. The van der Waals surface area contributed by atoms with E-state index in [-0.39, 0.29) is 17.6 Å². The van der Waals surface area contributed by atoms with Crippen LogP contribution < -0.4 is 0 Å². The quantitative estimate of drug-likeness (QED) is 0.567. The Kier molecular flexibility index (Phi) is 5.36. The Balaban J connectivity index is 1.31. The van der Waals surface area contributed by atoms with E-state index in [2.05, 4.69) is 29.4 Å². The van der Waals surface area contributed by atoms with Crippen LogP contribution in [0.4, 0.5) is 0 Å². The molecule has 0 spiro atoms. The number of nitrogens with zero attached hydrogens (tertiary/aromatic N) is 3. The van der Waals surface area contributed by atoms with Gasteiger partial charge in [-0.15, -0.1) is 0 Å². The number of piperidine rings is 1. The van der Waals surface area contributed by atoms with E-state index < -0.39 is 0 Å². The highest BCUT2D eigenvalue weighted by molar-refractivity contribution is 6.11. The molecule has 2 aliphatic rings. The Labute approximate surface area is 189 Å². The van der Waals surface area contributed by atoms with Crippen molar-refractivity contribution in [2.75, 3.05) is 13.1 Å². The van der Waals surface area contributed by atoms with Crippen LogP contribution in [0.3, 0.4) is 0 Å². The fraction of sp³-hybridized carbons (Fsp3) is 0.444. The second-order valence-corrected chi connectivity index (χ2v) is 9.43. The number of aromatic nitrogens is 2. The normalized spacial score (nSPS) is 17.8. The van der Waals surface area contributed by atoms with Gasteiger partial charge in [-0.1, -0.05) is 30.3 Å². The Hall–Kier alpha value is -2.95. The summed E-state index contributed by atoms with van der Waals surface area (Å²) < 4.78 is 1.88. The van der Waals surface area contributed by atoms with Crippen molar-refractivity contribution < 1.29 is 9.59 Å². The molecule has 0 saturated carbocycles. The van der Waals surface area contributed by atoms with E-state index in [1.807, 2.05) is 36.5 Å². The van der Waals surface area contributed by atoms with E-state index in [9.17, 15) is 9.59 Å². The molecule has 166 valence electrons. The average Bonchev–Trinajstić information content (AvgIpc) is 3.33. The van der Waals surface area contributed by atoms with Crippen LogP contribution in [0.5, 0.6) is 0 Å². The Morgan fingerprint density at radius 3 is 2.62 bits per heavy atom. The van der Waals surface area contributed by atoms with Gasteiger partial charge in [-0.3, -0.25) is 14.3 Å². The van der Waals surface area contributed by atoms with Gasteiger partial charge >= 0.3 is 0 Å². The zero-order chi connectivity index (χ0) is 22.4. The number of likely N-dealkylation sites (tertiary alicyclic amines) is 1. The molecular formula is C27H31N3O2. The van der Waals surface area contributed by atoms with Crippen molar-refractivity contribution in [3.63, 3.8) is 0 Å². The van der Waals surface area contributed by atoms with Crippen molar-refractivity contribution in [2.24, 2.45) is 13.0 Å². The van der Waals surface area contributed by atoms with Crippen LogP contribution in [0.2, 0.25) is 0 Å². The van der Waals surface area contributed by atoms with Crippen LogP contribution in [-0.2, 0) is 31.1 Å². The van der Waals surface area contributed by atoms with E-state index in [1.54, 1.807) is 0 Å². The van der Waals surface area contributed by atoms with Gasteiger partial charge < -0.3 is 4.90 Å². The number of amides is 1.